The van der Waals surface area contributed by atoms with Crippen LogP contribution in [0.1, 0.15) is 12.0 Å². The highest BCUT2D eigenvalue weighted by Gasteiger charge is 2.13. The summed E-state index contributed by atoms with van der Waals surface area (Å²) in [6, 6.07) is 0. The third-order valence-corrected chi connectivity index (χ3v) is 3.55. The molecule has 0 radical (unpaired) electrons. The van der Waals surface area contributed by atoms with Crippen molar-refractivity contribution in [2.75, 3.05) is 38.6 Å². The van der Waals surface area contributed by atoms with Crippen molar-refractivity contribution in [3.63, 3.8) is 0 Å². The fourth-order valence-electron chi connectivity index (χ4n) is 1.96. The molecule has 1 fully saturated rings. The summed E-state index contributed by atoms with van der Waals surface area (Å²) in [6.07, 6.45) is 1.72. The molecule has 1 aromatic heterocycles. The summed E-state index contributed by atoms with van der Waals surface area (Å²) in [5.74, 6) is 0.113. The number of morpholine rings is 1. The summed E-state index contributed by atoms with van der Waals surface area (Å²) in [6.45, 7) is 4.60. The highest BCUT2D eigenvalue weighted by Crippen LogP contribution is 2.23. The van der Waals surface area contributed by atoms with Crippen LogP contribution in [0.25, 0.3) is 0 Å². The molecule has 2 N–H and O–H groups in total. The minimum absolute atomic E-state index is 0.113. The van der Waals surface area contributed by atoms with E-state index in [0.717, 1.165) is 51.3 Å². The van der Waals surface area contributed by atoms with Gasteiger partial charge >= 0.3 is 0 Å². The van der Waals surface area contributed by atoms with E-state index in [-0.39, 0.29) is 5.95 Å². The Morgan fingerprint density at radius 3 is 2.39 bits per heavy atom. The maximum absolute atomic E-state index is 6.01. The lowest BCUT2D eigenvalue weighted by Gasteiger charge is -2.26. The zero-order valence-electron chi connectivity index (χ0n) is 10.0. The van der Waals surface area contributed by atoms with Gasteiger partial charge in [0.1, 0.15) is 10.3 Å². The molecule has 0 saturated carbocycles. The molecular formula is C11H16Cl2N4O. The summed E-state index contributed by atoms with van der Waals surface area (Å²) in [5, 5.41) is 0.712. The SMILES string of the molecule is Nc1nc(Cl)c(CCCN2CCOCC2)c(Cl)n1. The molecule has 0 aliphatic carbocycles. The molecule has 0 bridgehead atoms. The average Bonchev–Trinajstić information content (AvgIpc) is 2.34. The molecule has 0 unspecified atom stereocenters. The molecule has 0 spiro atoms. The lowest BCUT2D eigenvalue weighted by Crippen LogP contribution is -2.36. The molecule has 18 heavy (non-hydrogen) atoms. The molecule has 1 aromatic rings. The second kappa shape index (κ2) is 6.52. The number of aromatic nitrogens is 2. The minimum Gasteiger partial charge on any atom is -0.379 e. The van der Waals surface area contributed by atoms with Crippen LogP contribution in [-0.2, 0) is 11.2 Å². The number of hydrogen-bond acceptors (Lipinski definition) is 5. The summed E-state index contributed by atoms with van der Waals surface area (Å²) in [5.41, 5.74) is 6.24. The third kappa shape index (κ3) is 3.68. The van der Waals surface area contributed by atoms with Gasteiger partial charge < -0.3 is 10.5 Å². The Bertz CT molecular complexity index is 387. The van der Waals surface area contributed by atoms with Gasteiger partial charge in [0.25, 0.3) is 0 Å². The van der Waals surface area contributed by atoms with E-state index in [1.807, 2.05) is 0 Å². The monoisotopic (exact) mass is 290 g/mol. The number of halogens is 2. The normalized spacial score (nSPS) is 17.0. The number of hydrogen-bond donors (Lipinski definition) is 1. The first-order valence-corrected chi connectivity index (χ1v) is 6.70. The van der Waals surface area contributed by atoms with Crippen LogP contribution in [0, 0.1) is 0 Å². The van der Waals surface area contributed by atoms with Gasteiger partial charge in [-0.2, -0.15) is 0 Å². The maximum atomic E-state index is 6.01. The Labute approximate surface area is 116 Å². The van der Waals surface area contributed by atoms with Crippen molar-refractivity contribution >= 4 is 29.2 Å². The van der Waals surface area contributed by atoms with E-state index in [1.165, 1.54) is 0 Å². The van der Waals surface area contributed by atoms with Crippen LogP contribution in [0.15, 0.2) is 0 Å². The number of rotatable bonds is 4. The lowest BCUT2D eigenvalue weighted by molar-refractivity contribution is 0.0374. The smallest absolute Gasteiger partial charge is 0.222 e. The summed E-state index contributed by atoms with van der Waals surface area (Å²) < 4.78 is 5.30. The Morgan fingerprint density at radius 1 is 1.17 bits per heavy atom. The van der Waals surface area contributed by atoms with Crippen molar-refractivity contribution in [3.05, 3.63) is 15.9 Å². The fourth-order valence-corrected chi connectivity index (χ4v) is 2.55. The lowest BCUT2D eigenvalue weighted by atomic mass is 10.2. The quantitative estimate of drug-likeness (QED) is 0.854. The molecule has 5 nitrogen and oxygen atoms in total. The van der Waals surface area contributed by atoms with Gasteiger partial charge in [0.2, 0.25) is 5.95 Å². The van der Waals surface area contributed by atoms with E-state index in [9.17, 15) is 0 Å². The van der Waals surface area contributed by atoms with Gasteiger partial charge in [0, 0.05) is 18.7 Å². The fraction of sp³-hybridized carbons (Fsp3) is 0.636. The first kappa shape index (κ1) is 13.8. The van der Waals surface area contributed by atoms with Crippen molar-refractivity contribution in [3.8, 4) is 0 Å². The van der Waals surface area contributed by atoms with E-state index in [2.05, 4.69) is 14.9 Å². The van der Waals surface area contributed by atoms with Gasteiger partial charge in [-0.25, -0.2) is 9.97 Å². The predicted octanol–water partition coefficient (Wildman–Crippen LogP) is 1.63. The molecule has 100 valence electrons. The van der Waals surface area contributed by atoms with Crippen LogP contribution in [0.5, 0.6) is 0 Å². The molecule has 0 atom stereocenters. The Kier molecular flexibility index (Phi) is 5.00. The molecule has 1 aliphatic rings. The second-order valence-electron chi connectivity index (χ2n) is 4.20. The molecular weight excluding hydrogens is 275 g/mol. The Balaban J connectivity index is 1.86. The Morgan fingerprint density at radius 2 is 1.78 bits per heavy atom. The molecule has 7 heteroatoms. The van der Waals surface area contributed by atoms with Gasteiger partial charge in [-0.3, -0.25) is 4.90 Å². The van der Waals surface area contributed by atoms with E-state index in [4.69, 9.17) is 33.7 Å². The topological polar surface area (TPSA) is 64.3 Å². The summed E-state index contributed by atoms with van der Waals surface area (Å²) >= 11 is 12.0. The standard InChI is InChI=1S/C11H16Cl2N4O/c12-9-8(10(13)16-11(14)15-9)2-1-3-17-4-6-18-7-5-17/h1-7H2,(H2,14,15,16). The zero-order chi connectivity index (χ0) is 13.0. The number of nitrogens with zero attached hydrogens (tertiary/aromatic N) is 3. The number of nitrogens with two attached hydrogens (primary N) is 1. The van der Waals surface area contributed by atoms with Crippen LogP contribution in [0.4, 0.5) is 5.95 Å². The van der Waals surface area contributed by atoms with Gasteiger partial charge in [0.15, 0.2) is 0 Å². The van der Waals surface area contributed by atoms with E-state index in [0.29, 0.717) is 10.3 Å². The summed E-state index contributed by atoms with van der Waals surface area (Å²) in [4.78, 5) is 10.2. The van der Waals surface area contributed by atoms with Crippen molar-refractivity contribution in [1.82, 2.24) is 14.9 Å². The van der Waals surface area contributed by atoms with Crippen LogP contribution in [-0.4, -0.2) is 47.7 Å². The molecule has 0 aromatic carbocycles. The Hall–Kier alpha value is -0.620. The molecule has 1 saturated heterocycles. The average molecular weight is 291 g/mol. The van der Waals surface area contributed by atoms with Crippen molar-refractivity contribution in [1.29, 1.82) is 0 Å². The van der Waals surface area contributed by atoms with Gasteiger partial charge in [-0.05, 0) is 19.4 Å². The maximum Gasteiger partial charge on any atom is 0.222 e. The first-order chi connectivity index (χ1) is 8.66. The largest absolute Gasteiger partial charge is 0.379 e. The number of nitrogen functional groups attached to an aromatic ring is 1. The first-order valence-electron chi connectivity index (χ1n) is 5.94. The van der Waals surface area contributed by atoms with Gasteiger partial charge in [-0.1, -0.05) is 23.2 Å². The minimum atomic E-state index is 0.113. The highest BCUT2D eigenvalue weighted by molar-refractivity contribution is 6.34. The second-order valence-corrected chi connectivity index (χ2v) is 4.92. The third-order valence-electron chi connectivity index (χ3n) is 2.93. The summed E-state index contributed by atoms with van der Waals surface area (Å²) in [7, 11) is 0. The molecule has 2 heterocycles. The molecule has 0 amide bonds. The van der Waals surface area contributed by atoms with Gasteiger partial charge in [-0.15, -0.1) is 0 Å². The predicted molar refractivity (Wildman–Crippen MR) is 72.0 cm³/mol. The van der Waals surface area contributed by atoms with E-state index < -0.39 is 0 Å². The van der Waals surface area contributed by atoms with Crippen LogP contribution < -0.4 is 5.73 Å². The highest BCUT2D eigenvalue weighted by atomic mass is 35.5. The van der Waals surface area contributed by atoms with Crippen molar-refractivity contribution in [2.24, 2.45) is 0 Å². The van der Waals surface area contributed by atoms with Crippen LogP contribution in [0.3, 0.4) is 0 Å². The van der Waals surface area contributed by atoms with E-state index in [1.54, 1.807) is 0 Å². The molecule has 2 rings (SSSR count). The molecule has 1 aliphatic heterocycles. The number of ether oxygens (including phenoxy) is 1. The zero-order valence-corrected chi connectivity index (χ0v) is 11.5. The van der Waals surface area contributed by atoms with E-state index >= 15 is 0 Å². The number of anilines is 1. The van der Waals surface area contributed by atoms with Gasteiger partial charge in [0.05, 0.1) is 13.2 Å². The van der Waals surface area contributed by atoms with Crippen molar-refractivity contribution in [2.45, 2.75) is 12.8 Å². The van der Waals surface area contributed by atoms with Crippen LogP contribution in [0.2, 0.25) is 10.3 Å². The van der Waals surface area contributed by atoms with Crippen molar-refractivity contribution < 1.29 is 4.74 Å². The van der Waals surface area contributed by atoms with Crippen LogP contribution >= 0.6 is 23.2 Å².